The highest BCUT2D eigenvalue weighted by Gasteiger charge is 2.43. The van der Waals surface area contributed by atoms with Crippen LogP contribution in [-0.4, -0.2) is 40.0 Å². The maximum atomic E-state index is 13.2. The Morgan fingerprint density at radius 3 is 2.54 bits per heavy atom. The number of benzene rings is 2. The molecule has 6 heteroatoms. The van der Waals surface area contributed by atoms with Gasteiger partial charge in [-0.1, -0.05) is 60.7 Å². The van der Waals surface area contributed by atoms with Crippen molar-refractivity contribution in [3.63, 3.8) is 0 Å². The van der Waals surface area contributed by atoms with Gasteiger partial charge >= 0.3 is 0 Å². The van der Waals surface area contributed by atoms with Gasteiger partial charge in [0.25, 0.3) is 5.91 Å². The Labute approximate surface area is 164 Å². The molecular formula is C22H24N4O2. The number of aromatic nitrogens is 2. The van der Waals surface area contributed by atoms with Gasteiger partial charge in [0.1, 0.15) is 5.69 Å². The number of aryl methyl sites for hydroxylation is 1. The smallest absolute Gasteiger partial charge is 0.270 e. The number of β-amino-alcohol motifs (C(OH)–C–C–N with tert-alkyl or cyclic N) is 1. The van der Waals surface area contributed by atoms with Crippen molar-refractivity contribution in [2.24, 2.45) is 7.05 Å². The highest BCUT2D eigenvalue weighted by molar-refractivity contribution is 5.94. The van der Waals surface area contributed by atoms with E-state index in [1.54, 1.807) is 17.8 Å². The van der Waals surface area contributed by atoms with E-state index in [-0.39, 0.29) is 5.91 Å². The van der Waals surface area contributed by atoms with E-state index in [2.05, 4.69) is 15.7 Å². The molecule has 1 saturated heterocycles. The van der Waals surface area contributed by atoms with Gasteiger partial charge in [-0.05, 0) is 24.6 Å². The molecule has 6 nitrogen and oxygen atoms in total. The Balaban J connectivity index is 1.67. The normalized spacial score (nSPS) is 22.0. The molecule has 0 spiro atoms. The van der Waals surface area contributed by atoms with Crippen molar-refractivity contribution in [3.8, 4) is 11.3 Å². The quantitative estimate of drug-likeness (QED) is 0.651. The maximum Gasteiger partial charge on any atom is 0.270 e. The minimum absolute atomic E-state index is 0.248. The Morgan fingerprint density at radius 2 is 1.86 bits per heavy atom. The highest BCUT2D eigenvalue weighted by atomic mass is 16.3. The monoisotopic (exact) mass is 376 g/mol. The number of nitrogens with one attached hydrogen (secondary N) is 2. The molecule has 0 saturated carbocycles. The van der Waals surface area contributed by atoms with Gasteiger partial charge in [-0.3, -0.25) is 9.48 Å². The van der Waals surface area contributed by atoms with Crippen LogP contribution in [0.5, 0.6) is 0 Å². The van der Waals surface area contributed by atoms with Crippen molar-refractivity contribution in [1.82, 2.24) is 20.4 Å². The summed E-state index contributed by atoms with van der Waals surface area (Å²) in [6, 6.07) is 21.2. The van der Waals surface area contributed by atoms with E-state index in [9.17, 15) is 9.90 Å². The first-order chi connectivity index (χ1) is 13.6. The van der Waals surface area contributed by atoms with Crippen LogP contribution in [0, 0.1) is 0 Å². The van der Waals surface area contributed by atoms with E-state index < -0.39 is 11.6 Å². The molecule has 1 fully saturated rings. The zero-order valence-electron chi connectivity index (χ0n) is 15.8. The number of aliphatic hydroxyl groups excluding tert-OH is 1. The van der Waals surface area contributed by atoms with E-state index in [1.807, 2.05) is 60.7 Å². The van der Waals surface area contributed by atoms with E-state index in [1.165, 1.54) is 0 Å². The molecule has 1 amide bonds. The number of nitrogens with zero attached hydrogens (tertiary/aromatic N) is 2. The predicted octanol–water partition coefficient (Wildman–Crippen LogP) is 2.07. The van der Waals surface area contributed by atoms with Gasteiger partial charge in [-0.15, -0.1) is 0 Å². The summed E-state index contributed by atoms with van der Waals surface area (Å²) in [5.74, 6) is -0.248. The van der Waals surface area contributed by atoms with Crippen LogP contribution < -0.4 is 10.6 Å². The second-order valence-electron chi connectivity index (χ2n) is 7.17. The maximum absolute atomic E-state index is 13.2. The fraction of sp³-hybridized carbons (Fsp3) is 0.273. The summed E-state index contributed by atoms with van der Waals surface area (Å²) < 4.78 is 1.59. The molecule has 0 aliphatic carbocycles. The molecule has 28 heavy (non-hydrogen) atoms. The lowest BCUT2D eigenvalue weighted by Gasteiger charge is -2.42. The molecule has 0 bridgehead atoms. The van der Waals surface area contributed by atoms with Crippen molar-refractivity contribution in [2.45, 2.75) is 18.1 Å². The zero-order chi connectivity index (χ0) is 19.6. The second kappa shape index (κ2) is 7.58. The summed E-state index contributed by atoms with van der Waals surface area (Å²) in [6.45, 7) is 1.14. The van der Waals surface area contributed by atoms with E-state index >= 15 is 0 Å². The van der Waals surface area contributed by atoms with Gasteiger partial charge in [0.05, 0.1) is 17.3 Å². The van der Waals surface area contributed by atoms with E-state index in [4.69, 9.17) is 0 Å². The number of hydrogen-bond donors (Lipinski definition) is 3. The topological polar surface area (TPSA) is 79.2 Å². The van der Waals surface area contributed by atoms with Crippen molar-refractivity contribution >= 4 is 5.91 Å². The molecule has 2 aromatic carbocycles. The number of amides is 1. The van der Waals surface area contributed by atoms with Gasteiger partial charge in [0, 0.05) is 19.2 Å². The van der Waals surface area contributed by atoms with Gasteiger partial charge in [0.15, 0.2) is 0 Å². The molecule has 0 radical (unpaired) electrons. The predicted molar refractivity (Wildman–Crippen MR) is 108 cm³/mol. The standard InChI is InChI=1S/C22H24N4O2/c1-26-19(14-18(25-26)16-8-4-2-5-9-16)21(28)24-22(12-13-23-15-20(22)27)17-10-6-3-7-11-17/h2-11,14,20,23,27H,12-13,15H2,1H3,(H,24,28)/t20-,22-/m1/s1. The van der Waals surface area contributed by atoms with Gasteiger partial charge < -0.3 is 15.7 Å². The van der Waals surface area contributed by atoms with E-state index in [0.717, 1.165) is 16.8 Å². The van der Waals surface area contributed by atoms with Crippen molar-refractivity contribution in [1.29, 1.82) is 0 Å². The number of aliphatic hydroxyl groups is 1. The molecule has 3 N–H and O–H groups in total. The van der Waals surface area contributed by atoms with Crippen LogP contribution in [0.2, 0.25) is 0 Å². The SMILES string of the molecule is Cn1nc(-c2ccccc2)cc1C(=O)N[C@@]1(c2ccccc2)CCNC[C@H]1O. The van der Waals surface area contributed by atoms with Crippen molar-refractivity contribution in [2.75, 3.05) is 13.1 Å². The lowest BCUT2D eigenvalue weighted by Crippen LogP contribution is -2.61. The van der Waals surface area contributed by atoms with Crippen LogP contribution in [0.4, 0.5) is 0 Å². The van der Waals surface area contributed by atoms with Crippen molar-refractivity contribution in [3.05, 3.63) is 78.0 Å². The van der Waals surface area contributed by atoms with Gasteiger partial charge in [-0.2, -0.15) is 5.10 Å². The van der Waals surface area contributed by atoms with Crippen molar-refractivity contribution < 1.29 is 9.90 Å². The molecule has 1 aliphatic heterocycles. The Hall–Kier alpha value is -2.96. The van der Waals surface area contributed by atoms with Crippen LogP contribution in [0.15, 0.2) is 66.7 Å². The molecule has 1 aliphatic rings. The first kappa shape index (κ1) is 18.4. The molecule has 1 aromatic heterocycles. The molecule has 2 atom stereocenters. The minimum atomic E-state index is -0.833. The van der Waals surface area contributed by atoms with Gasteiger partial charge in [-0.25, -0.2) is 0 Å². The minimum Gasteiger partial charge on any atom is -0.389 e. The third-order valence-corrected chi connectivity index (χ3v) is 5.41. The Kier molecular flexibility index (Phi) is 4.98. The van der Waals surface area contributed by atoms with Gasteiger partial charge in [0.2, 0.25) is 0 Å². The van der Waals surface area contributed by atoms with Crippen LogP contribution in [-0.2, 0) is 12.6 Å². The Morgan fingerprint density at radius 1 is 1.18 bits per heavy atom. The second-order valence-corrected chi connectivity index (χ2v) is 7.17. The molecule has 3 aromatic rings. The van der Waals surface area contributed by atoms with E-state index in [0.29, 0.717) is 25.2 Å². The summed E-state index contributed by atoms with van der Waals surface area (Å²) in [6.07, 6.45) is -0.123. The third kappa shape index (κ3) is 3.32. The lowest BCUT2D eigenvalue weighted by atomic mass is 9.79. The summed E-state index contributed by atoms with van der Waals surface area (Å²) in [5.41, 5.74) is 2.23. The van der Waals surface area contributed by atoms with Crippen LogP contribution in [0.3, 0.4) is 0 Å². The largest absolute Gasteiger partial charge is 0.389 e. The number of rotatable bonds is 4. The average molecular weight is 376 g/mol. The summed E-state index contributed by atoms with van der Waals surface area (Å²) in [4.78, 5) is 13.2. The fourth-order valence-electron chi connectivity index (χ4n) is 3.85. The lowest BCUT2D eigenvalue weighted by molar-refractivity contribution is 0.0286. The average Bonchev–Trinajstić information content (AvgIpc) is 3.13. The molecule has 2 heterocycles. The van der Waals surface area contributed by atoms with Crippen LogP contribution in [0.1, 0.15) is 22.5 Å². The summed E-state index contributed by atoms with van der Waals surface area (Å²) in [5, 5.41) is 21.6. The first-order valence-electron chi connectivity index (χ1n) is 9.46. The molecule has 144 valence electrons. The number of carbonyl (C=O) groups is 1. The molecule has 4 rings (SSSR count). The van der Waals surface area contributed by atoms with Crippen LogP contribution in [0.25, 0.3) is 11.3 Å². The number of carbonyl (C=O) groups excluding carboxylic acids is 1. The Bertz CT molecular complexity index is 955. The first-order valence-corrected chi connectivity index (χ1v) is 9.46. The molecular weight excluding hydrogens is 352 g/mol. The fourth-order valence-corrected chi connectivity index (χ4v) is 3.85. The summed E-state index contributed by atoms with van der Waals surface area (Å²) in [7, 11) is 1.76. The van der Waals surface area contributed by atoms with Crippen LogP contribution >= 0.6 is 0 Å². The third-order valence-electron chi connectivity index (χ3n) is 5.41. The summed E-state index contributed by atoms with van der Waals surface area (Å²) >= 11 is 0. The zero-order valence-corrected chi connectivity index (χ0v) is 15.8. The number of piperidine rings is 1. The highest BCUT2D eigenvalue weighted by Crippen LogP contribution is 2.31. The molecule has 0 unspecified atom stereocenters. The number of hydrogen-bond acceptors (Lipinski definition) is 4.